The number of carbonyl (C=O) groups is 1. The molecule has 0 unspecified atom stereocenters. The zero-order valence-electron chi connectivity index (χ0n) is 17.8. The van der Waals surface area contributed by atoms with Crippen LogP contribution in [0.4, 0.5) is 5.69 Å². The molecule has 0 aliphatic carbocycles. The van der Waals surface area contributed by atoms with Crippen LogP contribution in [0.15, 0.2) is 73.1 Å². The van der Waals surface area contributed by atoms with Crippen LogP contribution in [0.3, 0.4) is 0 Å². The molecule has 3 aromatic rings. The van der Waals surface area contributed by atoms with Crippen LogP contribution in [-0.4, -0.2) is 49.1 Å². The minimum atomic E-state index is -0.0687. The van der Waals surface area contributed by atoms with Gasteiger partial charge in [-0.15, -0.1) is 0 Å². The lowest BCUT2D eigenvalue weighted by Crippen LogP contribution is -2.46. The number of para-hydroxylation sites is 2. The van der Waals surface area contributed by atoms with Crippen molar-refractivity contribution in [2.75, 3.05) is 38.2 Å². The molecule has 0 atom stereocenters. The van der Waals surface area contributed by atoms with E-state index in [2.05, 4.69) is 32.2 Å². The van der Waals surface area contributed by atoms with Gasteiger partial charge in [-0.05, 0) is 41.5 Å². The SMILES string of the molecule is COc1ccccc1N1CCN(Cc2ccc(C(=O)NCc3cccnc3)cc2)CC1. The molecule has 1 fully saturated rings. The topological polar surface area (TPSA) is 57.7 Å². The number of piperazine rings is 1. The summed E-state index contributed by atoms with van der Waals surface area (Å²) in [7, 11) is 1.72. The van der Waals surface area contributed by atoms with Gasteiger partial charge >= 0.3 is 0 Å². The van der Waals surface area contributed by atoms with Crippen molar-refractivity contribution in [1.82, 2.24) is 15.2 Å². The molecule has 1 amide bonds. The molecule has 31 heavy (non-hydrogen) atoms. The average molecular weight is 417 g/mol. The van der Waals surface area contributed by atoms with Gasteiger partial charge in [-0.3, -0.25) is 14.7 Å². The Balaban J connectivity index is 1.27. The molecule has 1 N–H and O–H groups in total. The van der Waals surface area contributed by atoms with Gasteiger partial charge in [0.05, 0.1) is 12.8 Å². The van der Waals surface area contributed by atoms with Crippen molar-refractivity contribution in [2.45, 2.75) is 13.1 Å². The Bertz CT molecular complexity index is 984. The van der Waals surface area contributed by atoms with Gasteiger partial charge < -0.3 is 15.0 Å². The Labute approximate surface area is 183 Å². The number of methoxy groups -OCH3 is 1. The molecule has 1 aliphatic rings. The second kappa shape index (κ2) is 10.1. The molecule has 6 nitrogen and oxygen atoms in total. The van der Waals surface area contributed by atoms with Gasteiger partial charge in [-0.1, -0.05) is 30.3 Å². The number of nitrogens with one attached hydrogen (secondary N) is 1. The molecule has 1 saturated heterocycles. The molecule has 160 valence electrons. The Morgan fingerprint density at radius 2 is 1.74 bits per heavy atom. The fourth-order valence-electron chi connectivity index (χ4n) is 3.84. The monoisotopic (exact) mass is 416 g/mol. The van der Waals surface area contributed by atoms with Crippen molar-refractivity contribution in [2.24, 2.45) is 0 Å². The van der Waals surface area contributed by atoms with Crippen molar-refractivity contribution in [3.8, 4) is 5.75 Å². The summed E-state index contributed by atoms with van der Waals surface area (Å²) < 4.78 is 5.50. The van der Waals surface area contributed by atoms with E-state index in [1.165, 1.54) is 5.56 Å². The van der Waals surface area contributed by atoms with Crippen molar-refractivity contribution < 1.29 is 9.53 Å². The highest BCUT2D eigenvalue weighted by molar-refractivity contribution is 5.94. The van der Waals surface area contributed by atoms with E-state index in [0.29, 0.717) is 12.1 Å². The molecule has 2 aromatic carbocycles. The predicted octanol–water partition coefficient (Wildman–Crippen LogP) is 3.34. The van der Waals surface area contributed by atoms with Gasteiger partial charge in [0, 0.05) is 57.2 Å². The highest BCUT2D eigenvalue weighted by Crippen LogP contribution is 2.28. The molecule has 0 spiro atoms. The third-order valence-corrected chi connectivity index (χ3v) is 5.60. The lowest BCUT2D eigenvalue weighted by atomic mass is 10.1. The molecule has 1 aliphatic heterocycles. The zero-order valence-corrected chi connectivity index (χ0v) is 17.8. The molecule has 2 heterocycles. The number of benzene rings is 2. The summed E-state index contributed by atoms with van der Waals surface area (Å²) in [6, 6.07) is 19.9. The van der Waals surface area contributed by atoms with Crippen LogP contribution in [0.1, 0.15) is 21.5 Å². The Kier molecular flexibility index (Phi) is 6.79. The first-order valence-corrected chi connectivity index (χ1v) is 10.6. The predicted molar refractivity (Wildman–Crippen MR) is 122 cm³/mol. The van der Waals surface area contributed by atoms with Crippen LogP contribution in [0.25, 0.3) is 0 Å². The summed E-state index contributed by atoms with van der Waals surface area (Å²) in [5.74, 6) is 0.856. The van der Waals surface area contributed by atoms with E-state index in [4.69, 9.17) is 4.74 Å². The molecule has 0 saturated carbocycles. The first kappa shape index (κ1) is 20.9. The normalized spacial score (nSPS) is 14.3. The fraction of sp³-hybridized carbons (Fsp3) is 0.280. The largest absolute Gasteiger partial charge is 0.495 e. The van der Waals surface area contributed by atoms with E-state index in [9.17, 15) is 4.79 Å². The number of aromatic nitrogens is 1. The fourth-order valence-corrected chi connectivity index (χ4v) is 3.84. The Morgan fingerprint density at radius 1 is 0.968 bits per heavy atom. The van der Waals surface area contributed by atoms with Gasteiger partial charge in [0.2, 0.25) is 0 Å². The number of hydrogen-bond acceptors (Lipinski definition) is 5. The Morgan fingerprint density at radius 3 is 2.45 bits per heavy atom. The van der Waals surface area contributed by atoms with Crippen molar-refractivity contribution in [1.29, 1.82) is 0 Å². The van der Waals surface area contributed by atoms with E-state index in [1.807, 2.05) is 48.5 Å². The quantitative estimate of drug-likeness (QED) is 0.640. The second-order valence-corrected chi connectivity index (χ2v) is 7.68. The van der Waals surface area contributed by atoms with Gasteiger partial charge in [-0.25, -0.2) is 0 Å². The van der Waals surface area contributed by atoms with Crippen LogP contribution in [-0.2, 0) is 13.1 Å². The van der Waals surface area contributed by atoms with Gasteiger partial charge in [-0.2, -0.15) is 0 Å². The number of pyridine rings is 1. The summed E-state index contributed by atoms with van der Waals surface area (Å²) in [6.07, 6.45) is 3.49. The average Bonchev–Trinajstić information content (AvgIpc) is 2.84. The van der Waals surface area contributed by atoms with Crippen LogP contribution in [0, 0.1) is 0 Å². The number of hydrogen-bond donors (Lipinski definition) is 1. The van der Waals surface area contributed by atoms with Crippen molar-refractivity contribution in [3.63, 3.8) is 0 Å². The summed E-state index contributed by atoms with van der Waals surface area (Å²) in [5.41, 5.74) is 4.04. The first-order valence-electron chi connectivity index (χ1n) is 10.6. The third-order valence-electron chi connectivity index (χ3n) is 5.60. The van der Waals surface area contributed by atoms with E-state index in [-0.39, 0.29) is 5.91 Å². The highest BCUT2D eigenvalue weighted by atomic mass is 16.5. The minimum Gasteiger partial charge on any atom is -0.495 e. The lowest BCUT2D eigenvalue weighted by molar-refractivity contribution is 0.0951. The van der Waals surface area contributed by atoms with Crippen molar-refractivity contribution in [3.05, 3.63) is 89.7 Å². The van der Waals surface area contributed by atoms with Crippen LogP contribution in [0.5, 0.6) is 5.75 Å². The maximum atomic E-state index is 12.4. The van der Waals surface area contributed by atoms with Gasteiger partial charge in [0.1, 0.15) is 5.75 Å². The highest BCUT2D eigenvalue weighted by Gasteiger charge is 2.19. The zero-order chi connectivity index (χ0) is 21.5. The van der Waals surface area contributed by atoms with Crippen LogP contribution in [0.2, 0.25) is 0 Å². The van der Waals surface area contributed by atoms with Crippen LogP contribution >= 0.6 is 0 Å². The third kappa shape index (κ3) is 5.41. The number of carbonyl (C=O) groups excluding carboxylic acids is 1. The summed E-state index contributed by atoms with van der Waals surface area (Å²) in [6.45, 7) is 5.28. The first-order chi connectivity index (χ1) is 15.2. The molecule has 1 aromatic heterocycles. The molecule has 6 heteroatoms. The van der Waals surface area contributed by atoms with E-state index in [0.717, 1.165) is 49.7 Å². The van der Waals surface area contributed by atoms with Gasteiger partial charge in [0.15, 0.2) is 0 Å². The maximum Gasteiger partial charge on any atom is 0.251 e. The molecule has 0 radical (unpaired) electrons. The molecular formula is C25H28N4O2. The number of amides is 1. The summed E-state index contributed by atoms with van der Waals surface area (Å²) >= 11 is 0. The van der Waals surface area contributed by atoms with Gasteiger partial charge in [0.25, 0.3) is 5.91 Å². The van der Waals surface area contributed by atoms with Crippen LogP contribution < -0.4 is 15.0 Å². The minimum absolute atomic E-state index is 0.0687. The van der Waals surface area contributed by atoms with E-state index in [1.54, 1.807) is 19.5 Å². The Hall–Kier alpha value is -3.38. The molecule has 4 rings (SSSR count). The summed E-state index contributed by atoms with van der Waals surface area (Å²) in [4.78, 5) is 21.3. The number of rotatable bonds is 7. The van der Waals surface area contributed by atoms with E-state index < -0.39 is 0 Å². The smallest absolute Gasteiger partial charge is 0.251 e. The lowest BCUT2D eigenvalue weighted by Gasteiger charge is -2.36. The number of nitrogens with zero attached hydrogens (tertiary/aromatic N) is 3. The van der Waals surface area contributed by atoms with Crippen molar-refractivity contribution >= 4 is 11.6 Å². The second-order valence-electron chi connectivity index (χ2n) is 7.68. The molecular weight excluding hydrogens is 388 g/mol. The number of ether oxygens (including phenoxy) is 1. The van der Waals surface area contributed by atoms with E-state index >= 15 is 0 Å². The maximum absolute atomic E-state index is 12.4. The molecule has 0 bridgehead atoms. The number of anilines is 1. The summed E-state index contributed by atoms with van der Waals surface area (Å²) in [5, 5.41) is 2.94. The standard InChI is InChI=1S/C25H28N4O2/c1-31-24-7-3-2-6-23(24)29-15-13-28(14-16-29)19-20-8-10-22(11-9-20)25(30)27-18-21-5-4-12-26-17-21/h2-12,17H,13-16,18-19H2,1H3,(H,27,30).